The zero-order chi connectivity index (χ0) is 28.9. The zero-order valence-corrected chi connectivity index (χ0v) is 23.3. The molecule has 0 saturated carbocycles. The van der Waals surface area contributed by atoms with Gasteiger partial charge in [-0.05, 0) is 44.0 Å². The fourth-order valence-corrected chi connectivity index (χ4v) is 5.81. The maximum absolute atomic E-state index is 15.6. The van der Waals surface area contributed by atoms with Crippen LogP contribution in [-0.2, 0) is 25.2 Å². The lowest BCUT2D eigenvalue weighted by molar-refractivity contribution is -0.0594. The molecule has 1 aliphatic rings. The standard InChI is InChI=1S/C27H33FN3O8P/c1-18-9-7-8-10-20(18)16-36-15-19(2)30-40(35,39-21-11-5-4-6-12-21)37-17-22-24(33)27(3,28)25(38-22)31-14-13-23(32)29-26(31)34/h4-14,19,22,24-25,33H,15-17H2,1-3H3,(H,30,35)(H,29,32,34)/t19-,22+,24-,25+,27?,40?/m0/s1. The lowest BCUT2D eigenvalue weighted by Crippen LogP contribution is -2.43. The van der Waals surface area contributed by atoms with Gasteiger partial charge in [-0.2, -0.15) is 0 Å². The Hall–Kier alpha value is -3.12. The van der Waals surface area contributed by atoms with Crippen LogP contribution in [0.4, 0.5) is 4.39 Å². The summed E-state index contributed by atoms with van der Waals surface area (Å²) < 4.78 is 53.0. The molecule has 1 saturated heterocycles. The summed E-state index contributed by atoms with van der Waals surface area (Å²) in [7, 11) is -4.11. The molecule has 4 rings (SSSR count). The minimum absolute atomic E-state index is 0.169. The molecule has 1 fully saturated rings. The third-order valence-corrected chi connectivity index (χ3v) is 8.16. The number of nitrogens with one attached hydrogen (secondary N) is 2. The Labute approximate surface area is 230 Å². The number of alkyl halides is 1. The van der Waals surface area contributed by atoms with Gasteiger partial charge in [0.1, 0.15) is 18.0 Å². The molecule has 3 N–H and O–H groups in total. The molecule has 1 aromatic heterocycles. The van der Waals surface area contributed by atoms with E-state index in [-0.39, 0.29) is 12.4 Å². The van der Waals surface area contributed by atoms with E-state index < -0.39 is 55.7 Å². The van der Waals surface area contributed by atoms with Crippen molar-refractivity contribution in [2.45, 2.75) is 57.5 Å². The van der Waals surface area contributed by atoms with Gasteiger partial charge in [-0.25, -0.2) is 18.8 Å². The van der Waals surface area contributed by atoms with Crippen molar-refractivity contribution in [2.24, 2.45) is 0 Å². The minimum atomic E-state index is -4.11. The Kier molecular flexibility index (Phi) is 9.40. The molecule has 216 valence electrons. The molecular weight excluding hydrogens is 544 g/mol. The molecule has 1 aliphatic heterocycles. The number of hydrogen-bond donors (Lipinski definition) is 3. The van der Waals surface area contributed by atoms with Gasteiger partial charge >= 0.3 is 13.4 Å². The number of benzene rings is 2. The largest absolute Gasteiger partial charge is 0.459 e. The molecule has 0 radical (unpaired) electrons. The van der Waals surface area contributed by atoms with E-state index in [4.69, 9.17) is 18.5 Å². The van der Waals surface area contributed by atoms with E-state index in [2.05, 4.69) is 5.09 Å². The molecular formula is C27H33FN3O8P. The molecule has 13 heteroatoms. The lowest BCUT2D eigenvalue weighted by Gasteiger charge is -2.25. The number of rotatable bonds is 12. The second kappa shape index (κ2) is 12.6. The van der Waals surface area contributed by atoms with Gasteiger partial charge in [0.05, 0.1) is 19.8 Å². The highest BCUT2D eigenvalue weighted by molar-refractivity contribution is 7.52. The van der Waals surface area contributed by atoms with E-state index >= 15 is 4.39 Å². The van der Waals surface area contributed by atoms with Crippen LogP contribution in [0.3, 0.4) is 0 Å². The van der Waals surface area contributed by atoms with E-state index in [0.717, 1.165) is 34.9 Å². The summed E-state index contributed by atoms with van der Waals surface area (Å²) >= 11 is 0. The van der Waals surface area contributed by atoms with Crippen molar-refractivity contribution in [3.8, 4) is 5.75 Å². The molecule has 40 heavy (non-hydrogen) atoms. The third kappa shape index (κ3) is 7.14. The summed E-state index contributed by atoms with van der Waals surface area (Å²) in [5.74, 6) is 0.257. The van der Waals surface area contributed by atoms with E-state index in [0.29, 0.717) is 6.61 Å². The summed E-state index contributed by atoms with van der Waals surface area (Å²) in [6, 6.07) is 16.7. The highest BCUT2D eigenvalue weighted by Crippen LogP contribution is 2.47. The van der Waals surface area contributed by atoms with Crippen LogP contribution in [-0.4, -0.2) is 51.8 Å². The summed E-state index contributed by atoms with van der Waals surface area (Å²) in [6.45, 7) is 4.76. The number of hydrogen-bond acceptors (Lipinski definition) is 8. The van der Waals surface area contributed by atoms with Gasteiger partial charge in [0.25, 0.3) is 5.56 Å². The quantitative estimate of drug-likeness (QED) is 0.277. The Morgan fingerprint density at radius 2 is 1.88 bits per heavy atom. The summed E-state index contributed by atoms with van der Waals surface area (Å²) in [4.78, 5) is 25.7. The number of para-hydroxylation sites is 1. The molecule has 0 aliphatic carbocycles. The number of halogens is 1. The number of aliphatic hydroxyl groups excluding tert-OH is 1. The number of H-pyrrole nitrogens is 1. The predicted molar refractivity (Wildman–Crippen MR) is 145 cm³/mol. The number of aromatic amines is 1. The van der Waals surface area contributed by atoms with Gasteiger partial charge in [-0.1, -0.05) is 42.5 Å². The van der Waals surface area contributed by atoms with E-state index in [1.54, 1.807) is 37.3 Å². The molecule has 11 nitrogen and oxygen atoms in total. The summed E-state index contributed by atoms with van der Waals surface area (Å²) in [5, 5.41) is 13.5. The van der Waals surface area contributed by atoms with Crippen LogP contribution in [0.1, 0.15) is 31.2 Å². The first-order valence-electron chi connectivity index (χ1n) is 12.7. The van der Waals surface area contributed by atoms with Gasteiger partial charge in [0, 0.05) is 18.3 Å². The van der Waals surface area contributed by atoms with Crippen LogP contribution in [0, 0.1) is 6.92 Å². The van der Waals surface area contributed by atoms with Gasteiger partial charge in [0.15, 0.2) is 11.9 Å². The predicted octanol–water partition coefficient (Wildman–Crippen LogP) is 3.23. The van der Waals surface area contributed by atoms with Crippen molar-refractivity contribution >= 4 is 7.75 Å². The second-order valence-electron chi connectivity index (χ2n) is 9.81. The Bertz CT molecular complexity index is 1450. The Morgan fingerprint density at radius 1 is 1.18 bits per heavy atom. The van der Waals surface area contributed by atoms with Crippen molar-refractivity contribution in [3.05, 3.63) is 98.8 Å². The third-order valence-electron chi connectivity index (χ3n) is 6.46. The van der Waals surface area contributed by atoms with Crippen LogP contribution in [0.2, 0.25) is 0 Å². The highest BCUT2D eigenvalue weighted by atomic mass is 31.2. The fourth-order valence-electron chi connectivity index (χ4n) is 4.27. The molecule has 0 amide bonds. The molecule has 2 aromatic carbocycles. The average molecular weight is 578 g/mol. The second-order valence-corrected chi connectivity index (χ2v) is 11.5. The van der Waals surface area contributed by atoms with Crippen LogP contribution in [0.25, 0.3) is 0 Å². The Balaban J connectivity index is 1.44. The maximum atomic E-state index is 15.6. The SMILES string of the molecule is Cc1ccccc1COC[C@H](C)NP(=O)(OC[C@H]1O[C@@H](n2ccc(=O)[nH]c2=O)C(C)(F)[C@H]1O)Oc1ccccc1. The van der Waals surface area contributed by atoms with Gasteiger partial charge in [-0.15, -0.1) is 0 Å². The average Bonchev–Trinajstić information content (AvgIpc) is 3.12. The minimum Gasteiger partial charge on any atom is -0.413 e. The van der Waals surface area contributed by atoms with Crippen molar-refractivity contribution in [3.63, 3.8) is 0 Å². The number of aromatic nitrogens is 2. The molecule has 2 heterocycles. The topological polar surface area (TPSA) is 141 Å². The van der Waals surface area contributed by atoms with Crippen molar-refractivity contribution in [1.29, 1.82) is 0 Å². The first kappa shape index (κ1) is 29.9. The van der Waals surface area contributed by atoms with Gasteiger partial charge in [-0.3, -0.25) is 18.9 Å². The molecule has 0 bridgehead atoms. The van der Waals surface area contributed by atoms with E-state index in [1.807, 2.05) is 36.2 Å². The van der Waals surface area contributed by atoms with Crippen molar-refractivity contribution < 1.29 is 32.6 Å². The van der Waals surface area contributed by atoms with Crippen LogP contribution >= 0.6 is 7.75 Å². The van der Waals surface area contributed by atoms with Crippen LogP contribution < -0.4 is 20.9 Å². The van der Waals surface area contributed by atoms with Gasteiger partial charge in [0.2, 0.25) is 0 Å². The number of aryl methyl sites for hydroxylation is 1. The molecule has 2 unspecified atom stereocenters. The van der Waals surface area contributed by atoms with Crippen molar-refractivity contribution in [1.82, 2.24) is 14.6 Å². The summed E-state index contributed by atoms with van der Waals surface area (Å²) in [6.07, 6.45) is -3.57. The number of ether oxygens (including phenoxy) is 2. The molecule has 3 aromatic rings. The molecule has 6 atom stereocenters. The zero-order valence-electron chi connectivity index (χ0n) is 22.4. The number of aliphatic hydroxyl groups is 1. The van der Waals surface area contributed by atoms with Crippen LogP contribution in [0.15, 0.2) is 76.4 Å². The van der Waals surface area contributed by atoms with Crippen LogP contribution in [0.5, 0.6) is 5.75 Å². The normalized spacial score (nSPS) is 24.9. The smallest absolute Gasteiger partial charge is 0.413 e. The molecule has 0 spiro atoms. The van der Waals surface area contributed by atoms with Gasteiger partial charge < -0.3 is 19.1 Å². The first-order valence-corrected chi connectivity index (χ1v) is 14.3. The fraction of sp³-hybridized carbons (Fsp3) is 0.407. The lowest BCUT2D eigenvalue weighted by atomic mass is 9.98. The summed E-state index contributed by atoms with van der Waals surface area (Å²) in [5.41, 5.74) is -1.91. The maximum Gasteiger partial charge on any atom is 0.459 e. The highest BCUT2D eigenvalue weighted by Gasteiger charge is 2.55. The number of nitrogens with zero attached hydrogens (tertiary/aromatic N) is 1. The van der Waals surface area contributed by atoms with E-state index in [1.165, 1.54) is 0 Å². The first-order chi connectivity index (χ1) is 19.0. The monoisotopic (exact) mass is 577 g/mol. The van der Waals surface area contributed by atoms with E-state index in [9.17, 15) is 19.3 Å². The Morgan fingerprint density at radius 3 is 2.58 bits per heavy atom. The van der Waals surface area contributed by atoms with Crippen molar-refractivity contribution in [2.75, 3.05) is 13.2 Å².